The van der Waals surface area contributed by atoms with Crippen LogP contribution in [0.2, 0.25) is 0 Å². The van der Waals surface area contributed by atoms with E-state index < -0.39 is 0 Å². The number of para-hydroxylation sites is 1. The number of ether oxygens (including phenoxy) is 1. The number of aromatic nitrogens is 4. The van der Waals surface area contributed by atoms with E-state index in [4.69, 9.17) is 19.7 Å². The first kappa shape index (κ1) is 41.0. The Labute approximate surface area is 368 Å². The maximum Gasteiger partial charge on any atom is 0.135 e. The molecule has 0 radical (unpaired) electrons. The summed E-state index contributed by atoms with van der Waals surface area (Å²) in [6.45, 7) is 22.5. The van der Waals surface area contributed by atoms with Gasteiger partial charge in [0.1, 0.15) is 11.6 Å². The number of hydrogen-bond donors (Lipinski definition) is 0. The zero-order valence-corrected chi connectivity index (χ0v) is 37.9. The largest absolute Gasteiger partial charge is 0.509 e. The minimum absolute atomic E-state index is 0. The third kappa shape index (κ3) is 7.49. The molecule has 8 aromatic rings. The number of pyridine rings is 3. The van der Waals surface area contributed by atoms with Crippen molar-refractivity contribution in [3.05, 3.63) is 163 Å². The van der Waals surface area contributed by atoms with Crippen molar-refractivity contribution in [1.29, 1.82) is 0 Å². The molecular formula is C52H49N6OPt-3. The molecule has 1 aliphatic heterocycles. The number of fused-ring (bicyclic) bond motifs is 4. The van der Waals surface area contributed by atoms with Crippen LogP contribution in [0.5, 0.6) is 11.5 Å². The predicted molar refractivity (Wildman–Crippen MR) is 241 cm³/mol. The van der Waals surface area contributed by atoms with E-state index in [1.807, 2.05) is 55.0 Å². The van der Waals surface area contributed by atoms with E-state index in [0.29, 0.717) is 11.5 Å². The summed E-state index contributed by atoms with van der Waals surface area (Å²) in [7, 11) is 0. The molecule has 0 saturated heterocycles. The average molecular weight is 969 g/mol. The topological polar surface area (TPSA) is 59.3 Å². The van der Waals surface area contributed by atoms with Gasteiger partial charge in [-0.2, -0.15) is 12.1 Å². The van der Waals surface area contributed by atoms with Crippen LogP contribution in [-0.2, 0) is 37.3 Å². The fourth-order valence-corrected chi connectivity index (χ4v) is 8.00. The van der Waals surface area contributed by atoms with Crippen molar-refractivity contribution in [3.8, 4) is 28.6 Å². The molecule has 60 heavy (non-hydrogen) atoms. The molecule has 0 unspecified atom stereocenters. The quantitative estimate of drug-likeness (QED) is 0.155. The Morgan fingerprint density at radius 1 is 0.583 bits per heavy atom. The van der Waals surface area contributed by atoms with Crippen molar-refractivity contribution in [3.63, 3.8) is 0 Å². The minimum atomic E-state index is -0.190. The maximum absolute atomic E-state index is 6.61. The molecule has 8 heteroatoms. The number of anilines is 4. The van der Waals surface area contributed by atoms with Gasteiger partial charge in [0.25, 0.3) is 0 Å². The maximum atomic E-state index is 6.61. The van der Waals surface area contributed by atoms with Gasteiger partial charge >= 0.3 is 0 Å². The second-order valence-electron chi connectivity index (χ2n) is 18.4. The predicted octanol–water partition coefficient (Wildman–Crippen LogP) is 13.3. The average Bonchev–Trinajstić information content (AvgIpc) is 3.76. The molecule has 0 fully saturated rings. The molecule has 0 spiro atoms. The van der Waals surface area contributed by atoms with E-state index in [9.17, 15) is 0 Å². The molecule has 7 nitrogen and oxygen atoms in total. The summed E-state index contributed by atoms with van der Waals surface area (Å²) in [6, 6.07) is 44.8. The minimum Gasteiger partial charge on any atom is -0.509 e. The molecule has 1 aliphatic rings. The van der Waals surface area contributed by atoms with Crippen molar-refractivity contribution in [2.45, 2.75) is 78.6 Å². The van der Waals surface area contributed by atoms with Crippen LogP contribution in [0, 0.1) is 18.8 Å². The first-order valence-corrected chi connectivity index (χ1v) is 20.3. The Morgan fingerprint density at radius 3 is 2.02 bits per heavy atom. The zero-order chi connectivity index (χ0) is 41.3. The van der Waals surface area contributed by atoms with Gasteiger partial charge in [0, 0.05) is 67.9 Å². The molecule has 4 aromatic carbocycles. The molecule has 0 amide bonds. The van der Waals surface area contributed by atoms with E-state index in [1.165, 1.54) is 16.7 Å². The van der Waals surface area contributed by atoms with Crippen molar-refractivity contribution >= 4 is 44.7 Å². The van der Waals surface area contributed by atoms with Gasteiger partial charge in [-0.3, -0.25) is 4.98 Å². The smallest absolute Gasteiger partial charge is 0.135 e. The van der Waals surface area contributed by atoms with E-state index in [-0.39, 0.29) is 37.3 Å². The monoisotopic (exact) mass is 968 g/mol. The van der Waals surface area contributed by atoms with Crippen LogP contribution in [0.15, 0.2) is 128 Å². The van der Waals surface area contributed by atoms with Crippen LogP contribution < -0.4 is 14.5 Å². The number of hydrogen-bond acceptors (Lipinski definition) is 6. The van der Waals surface area contributed by atoms with Gasteiger partial charge in [-0.25, -0.2) is 9.97 Å². The third-order valence-electron chi connectivity index (χ3n) is 11.0. The molecule has 306 valence electrons. The fourth-order valence-electron chi connectivity index (χ4n) is 8.00. The van der Waals surface area contributed by atoms with E-state index >= 15 is 0 Å². The Morgan fingerprint density at radius 2 is 1.30 bits per heavy atom. The summed E-state index contributed by atoms with van der Waals surface area (Å²) in [5.74, 6) is 2.87. The third-order valence-corrected chi connectivity index (χ3v) is 11.0. The molecule has 0 N–H and O–H groups in total. The summed E-state index contributed by atoms with van der Waals surface area (Å²) in [5, 5.41) is 2.22. The van der Waals surface area contributed by atoms with Gasteiger partial charge in [-0.1, -0.05) is 92.1 Å². The standard InChI is InChI=1S/C52H49N6O.Pt/c1-50(2,3)35-24-27-54-47(30-35)58-44-20-11-10-18-39(44)40-23-22-38(32-46(40)58)59-37-17-14-16-36(31-37)56-33-57(49-45(56)21-15-26-55-49)48-41(51(4,5)6)28-34(29-42(48)52(7,8)9)43-19-12-13-25-53-43;/h10-30,33H,1-9H3;/q-3;. The SMILES string of the molecule is CC(C)(C)c1ccnc(-n2c3[c-]c(Oc4[c-]c(N5[CH-]N(c6c(C(C)(C)C)cc(-c7ccccn7)cc6C(C)(C)C)c6ncccc65)ccc4)ccc3c3ccccc32)c1.[Pt]. The van der Waals surface area contributed by atoms with Gasteiger partial charge in [-0.05, 0) is 92.9 Å². The van der Waals surface area contributed by atoms with Crippen molar-refractivity contribution < 1.29 is 25.8 Å². The Hall–Kier alpha value is -5.78. The van der Waals surface area contributed by atoms with Gasteiger partial charge < -0.3 is 19.1 Å². The van der Waals surface area contributed by atoms with Crippen LogP contribution in [0.4, 0.5) is 22.9 Å². The fraction of sp³-hybridized carbons (Fsp3) is 0.231. The molecule has 0 saturated carbocycles. The normalized spacial score (nSPS) is 13.2. The number of rotatable bonds is 6. The summed E-state index contributed by atoms with van der Waals surface area (Å²) < 4.78 is 8.80. The van der Waals surface area contributed by atoms with Gasteiger partial charge in [0.15, 0.2) is 0 Å². The summed E-state index contributed by atoms with van der Waals surface area (Å²) in [6.07, 6.45) is 5.62. The van der Waals surface area contributed by atoms with Gasteiger partial charge in [0.05, 0.1) is 11.4 Å². The molecule has 0 atom stereocenters. The molecule has 0 aliphatic carbocycles. The number of nitrogens with zero attached hydrogens (tertiary/aromatic N) is 6. The second-order valence-corrected chi connectivity index (χ2v) is 18.4. The summed E-state index contributed by atoms with van der Waals surface area (Å²) in [4.78, 5) is 19.0. The van der Waals surface area contributed by atoms with Crippen LogP contribution >= 0.6 is 0 Å². The Bertz CT molecular complexity index is 2830. The second kappa shape index (κ2) is 15.4. The van der Waals surface area contributed by atoms with Gasteiger partial charge in [0.2, 0.25) is 0 Å². The Balaban J connectivity index is 0.00000499. The summed E-state index contributed by atoms with van der Waals surface area (Å²) in [5.41, 5.74) is 10.2. The Kier molecular flexibility index (Phi) is 10.5. The first-order chi connectivity index (χ1) is 28.1. The van der Waals surface area contributed by atoms with E-state index in [2.05, 4.69) is 168 Å². The van der Waals surface area contributed by atoms with Crippen molar-refractivity contribution in [2.75, 3.05) is 9.80 Å². The molecule has 4 aromatic heterocycles. The van der Waals surface area contributed by atoms with Crippen LogP contribution in [-0.4, -0.2) is 19.5 Å². The number of benzene rings is 4. The summed E-state index contributed by atoms with van der Waals surface area (Å²) >= 11 is 0. The first-order valence-electron chi connectivity index (χ1n) is 20.3. The molecule has 5 heterocycles. The van der Waals surface area contributed by atoms with Crippen LogP contribution in [0.1, 0.15) is 79.0 Å². The molecule has 9 rings (SSSR count). The molecule has 0 bridgehead atoms. The van der Waals surface area contributed by atoms with Crippen LogP contribution in [0.3, 0.4) is 0 Å². The van der Waals surface area contributed by atoms with E-state index in [1.54, 1.807) is 0 Å². The zero-order valence-electron chi connectivity index (χ0n) is 35.6. The van der Waals surface area contributed by atoms with Gasteiger partial charge in [-0.15, -0.1) is 48.1 Å². The van der Waals surface area contributed by atoms with Crippen molar-refractivity contribution in [1.82, 2.24) is 19.5 Å². The van der Waals surface area contributed by atoms with Crippen molar-refractivity contribution in [2.24, 2.45) is 0 Å². The molecular weight excluding hydrogens is 920 g/mol. The van der Waals surface area contributed by atoms with Crippen LogP contribution in [0.25, 0.3) is 38.9 Å². The van der Waals surface area contributed by atoms with E-state index in [0.717, 1.165) is 61.8 Å².